The van der Waals surface area contributed by atoms with Crippen molar-refractivity contribution in [1.82, 2.24) is 10.6 Å². The van der Waals surface area contributed by atoms with Gasteiger partial charge >= 0.3 is 18.0 Å². The van der Waals surface area contributed by atoms with Crippen LogP contribution in [0, 0.1) is 0 Å². The lowest BCUT2D eigenvalue weighted by Gasteiger charge is -2.27. The van der Waals surface area contributed by atoms with Crippen LogP contribution in [0.3, 0.4) is 0 Å². The van der Waals surface area contributed by atoms with Crippen LogP contribution in [-0.2, 0) is 9.59 Å². The molecule has 16 heavy (non-hydrogen) atoms. The number of hydrogen-bond acceptors (Lipinski definition) is 3. The second kappa shape index (κ2) is 5.34. The largest absolute Gasteiger partial charge is 0.481 e. The highest BCUT2D eigenvalue weighted by atomic mass is 16.4. The van der Waals surface area contributed by atoms with Crippen LogP contribution in [0.25, 0.3) is 0 Å². The van der Waals surface area contributed by atoms with Gasteiger partial charge in [0.15, 0.2) is 0 Å². The highest BCUT2D eigenvalue weighted by Gasteiger charge is 2.25. The minimum atomic E-state index is -1.39. The number of carboxylic acid groups (broad SMARTS) is 2. The summed E-state index contributed by atoms with van der Waals surface area (Å²) in [6.45, 7) is 0. The van der Waals surface area contributed by atoms with Gasteiger partial charge in [0.1, 0.15) is 6.04 Å². The van der Waals surface area contributed by atoms with E-state index in [4.69, 9.17) is 10.2 Å². The maximum Gasteiger partial charge on any atom is 0.326 e. The van der Waals surface area contributed by atoms with Gasteiger partial charge in [-0.25, -0.2) is 9.59 Å². The van der Waals surface area contributed by atoms with Crippen molar-refractivity contribution in [3.63, 3.8) is 0 Å². The number of carbonyl (C=O) groups is 3. The molecule has 0 aromatic carbocycles. The quantitative estimate of drug-likeness (QED) is 0.520. The molecule has 7 heteroatoms. The SMILES string of the molecule is O=C(O)CC(NC(=O)NC1CCC1)C(=O)O. The number of urea groups is 1. The number of rotatable bonds is 5. The minimum Gasteiger partial charge on any atom is -0.481 e. The van der Waals surface area contributed by atoms with E-state index in [2.05, 4.69) is 10.6 Å². The number of carbonyl (C=O) groups excluding carboxylic acids is 1. The molecule has 1 aliphatic carbocycles. The van der Waals surface area contributed by atoms with Crippen molar-refractivity contribution < 1.29 is 24.6 Å². The number of nitrogens with one attached hydrogen (secondary N) is 2. The zero-order chi connectivity index (χ0) is 12.1. The molecular formula is C9H14N2O5. The maximum atomic E-state index is 11.3. The first-order chi connectivity index (χ1) is 7.49. The maximum absolute atomic E-state index is 11.3. The van der Waals surface area contributed by atoms with Crippen molar-refractivity contribution in [2.45, 2.75) is 37.8 Å². The molecule has 4 N–H and O–H groups in total. The number of carboxylic acids is 2. The Balaban J connectivity index is 2.37. The van der Waals surface area contributed by atoms with E-state index in [0.29, 0.717) is 0 Å². The van der Waals surface area contributed by atoms with Crippen LogP contribution in [-0.4, -0.2) is 40.3 Å². The standard InChI is InChI=1S/C9H14N2O5/c12-7(13)4-6(8(14)15)11-9(16)10-5-2-1-3-5/h5-6H,1-4H2,(H,12,13)(H,14,15)(H2,10,11,16). The van der Waals surface area contributed by atoms with Gasteiger partial charge in [0.25, 0.3) is 0 Å². The summed E-state index contributed by atoms with van der Waals surface area (Å²) in [7, 11) is 0. The van der Waals surface area contributed by atoms with Crippen LogP contribution in [0.15, 0.2) is 0 Å². The number of aliphatic carboxylic acids is 2. The zero-order valence-electron chi connectivity index (χ0n) is 8.60. The Hall–Kier alpha value is -1.79. The predicted molar refractivity (Wildman–Crippen MR) is 53.0 cm³/mol. The van der Waals surface area contributed by atoms with Crippen molar-refractivity contribution in [3.8, 4) is 0 Å². The molecule has 90 valence electrons. The highest BCUT2D eigenvalue weighted by Crippen LogP contribution is 2.17. The molecular weight excluding hydrogens is 216 g/mol. The van der Waals surface area contributed by atoms with Gasteiger partial charge in [0, 0.05) is 6.04 Å². The predicted octanol–water partition coefficient (Wildman–Crippen LogP) is -0.234. The summed E-state index contributed by atoms with van der Waals surface area (Å²) in [5, 5.41) is 21.8. The van der Waals surface area contributed by atoms with Crippen LogP contribution >= 0.6 is 0 Å². The van der Waals surface area contributed by atoms with E-state index >= 15 is 0 Å². The summed E-state index contributed by atoms with van der Waals surface area (Å²) >= 11 is 0. The van der Waals surface area contributed by atoms with Gasteiger partial charge < -0.3 is 20.8 Å². The topological polar surface area (TPSA) is 116 Å². The van der Waals surface area contributed by atoms with Crippen LogP contribution in [0.5, 0.6) is 0 Å². The number of hydrogen-bond donors (Lipinski definition) is 4. The van der Waals surface area contributed by atoms with Crippen molar-refractivity contribution in [1.29, 1.82) is 0 Å². The van der Waals surface area contributed by atoms with E-state index in [1.807, 2.05) is 0 Å². The van der Waals surface area contributed by atoms with E-state index < -0.39 is 30.4 Å². The molecule has 0 radical (unpaired) electrons. The van der Waals surface area contributed by atoms with E-state index in [-0.39, 0.29) is 6.04 Å². The average molecular weight is 230 g/mol. The average Bonchev–Trinajstić information content (AvgIpc) is 2.09. The summed E-state index contributed by atoms with van der Waals surface area (Å²) in [6.07, 6.45) is 2.17. The van der Waals surface area contributed by atoms with Gasteiger partial charge in [-0.05, 0) is 19.3 Å². The molecule has 1 atom stereocenters. The summed E-state index contributed by atoms with van der Waals surface area (Å²) in [5.41, 5.74) is 0. The lowest BCUT2D eigenvalue weighted by Crippen LogP contribution is -2.51. The Morgan fingerprint density at radius 2 is 1.88 bits per heavy atom. The molecule has 7 nitrogen and oxygen atoms in total. The molecule has 0 aliphatic heterocycles. The summed E-state index contributed by atoms with van der Waals surface area (Å²) < 4.78 is 0. The van der Waals surface area contributed by atoms with E-state index in [1.54, 1.807) is 0 Å². The highest BCUT2D eigenvalue weighted by molar-refractivity contribution is 5.86. The van der Waals surface area contributed by atoms with Gasteiger partial charge in [0.2, 0.25) is 0 Å². The lowest BCUT2D eigenvalue weighted by atomic mass is 9.93. The number of amides is 2. The van der Waals surface area contributed by atoms with Crippen molar-refractivity contribution >= 4 is 18.0 Å². The second-order valence-corrected chi connectivity index (χ2v) is 3.73. The molecule has 1 unspecified atom stereocenters. The molecule has 0 spiro atoms. The molecule has 1 fully saturated rings. The molecule has 0 bridgehead atoms. The fraction of sp³-hybridized carbons (Fsp3) is 0.667. The molecule has 2 amide bonds. The fourth-order valence-electron chi connectivity index (χ4n) is 1.31. The molecule has 0 saturated heterocycles. The van der Waals surface area contributed by atoms with E-state index in [9.17, 15) is 14.4 Å². The Labute approximate surface area is 91.8 Å². The van der Waals surface area contributed by atoms with E-state index in [0.717, 1.165) is 19.3 Å². The second-order valence-electron chi connectivity index (χ2n) is 3.73. The van der Waals surface area contributed by atoms with Crippen LogP contribution in [0.2, 0.25) is 0 Å². The zero-order valence-corrected chi connectivity index (χ0v) is 8.60. The molecule has 1 aliphatic rings. The van der Waals surface area contributed by atoms with Gasteiger partial charge in [-0.15, -0.1) is 0 Å². The normalized spacial score (nSPS) is 17.0. The van der Waals surface area contributed by atoms with Crippen LogP contribution in [0.4, 0.5) is 4.79 Å². The fourth-order valence-corrected chi connectivity index (χ4v) is 1.31. The van der Waals surface area contributed by atoms with E-state index in [1.165, 1.54) is 0 Å². The molecule has 1 saturated carbocycles. The Bertz CT molecular complexity index is 300. The summed E-state index contributed by atoms with van der Waals surface area (Å²) in [6, 6.07) is -1.94. The third kappa shape index (κ3) is 3.76. The Kier molecular flexibility index (Phi) is 4.10. The Morgan fingerprint density at radius 3 is 2.25 bits per heavy atom. The third-order valence-corrected chi connectivity index (χ3v) is 2.42. The first-order valence-electron chi connectivity index (χ1n) is 5.00. The van der Waals surface area contributed by atoms with Gasteiger partial charge in [-0.2, -0.15) is 0 Å². The minimum absolute atomic E-state index is 0.0827. The van der Waals surface area contributed by atoms with Crippen LogP contribution < -0.4 is 10.6 Å². The molecule has 0 aromatic heterocycles. The smallest absolute Gasteiger partial charge is 0.326 e. The first kappa shape index (κ1) is 12.3. The molecule has 0 aromatic rings. The lowest BCUT2D eigenvalue weighted by molar-refractivity contribution is -0.145. The summed E-state index contributed by atoms with van der Waals surface area (Å²) in [4.78, 5) is 32.2. The Morgan fingerprint density at radius 1 is 1.25 bits per heavy atom. The first-order valence-corrected chi connectivity index (χ1v) is 5.00. The molecule has 0 heterocycles. The molecule has 1 rings (SSSR count). The van der Waals surface area contributed by atoms with Gasteiger partial charge in [0.05, 0.1) is 6.42 Å². The van der Waals surface area contributed by atoms with Crippen molar-refractivity contribution in [2.75, 3.05) is 0 Å². The van der Waals surface area contributed by atoms with Crippen molar-refractivity contribution in [2.24, 2.45) is 0 Å². The van der Waals surface area contributed by atoms with Crippen molar-refractivity contribution in [3.05, 3.63) is 0 Å². The van der Waals surface area contributed by atoms with Crippen LogP contribution in [0.1, 0.15) is 25.7 Å². The monoisotopic (exact) mass is 230 g/mol. The third-order valence-electron chi connectivity index (χ3n) is 2.42. The van der Waals surface area contributed by atoms with Gasteiger partial charge in [-0.3, -0.25) is 4.79 Å². The summed E-state index contributed by atoms with van der Waals surface area (Å²) in [5.74, 6) is -2.62. The van der Waals surface area contributed by atoms with Gasteiger partial charge in [-0.1, -0.05) is 0 Å².